The van der Waals surface area contributed by atoms with Crippen LogP contribution in [0.5, 0.6) is 0 Å². The second-order valence-corrected chi connectivity index (χ2v) is 9.75. The van der Waals surface area contributed by atoms with Gasteiger partial charge in [-0.15, -0.1) is 0 Å². The van der Waals surface area contributed by atoms with Crippen molar-refractivity contribution >= 4 is 27.9 Å². The van der Waals surface area contributed by atoms with E-state index in [2.05, 4.69) is 10.3 Å². The molecule has 1 N–H and O–H groups in total. The van der Waals surface area contributed by atoms with Gasteiger partial charge < -0.3 is 14.8 Å². The molecule has 1 amide bonds. The smallest absolute Gasteiger partial charge is 0.328 e. The molecule has 0 radical (unpaired) electrons. The summed E-state index contributed by atoms with van der Waals surface area (Å²) in [7, 11) is -2.45. The van der Waals surface area contributed by atoms with Gasteiger partial charge in [0.1, 0.15) is 10.9 Å². The molecule has 1 aliphatic heterocycles. The number of carbonyl (C=O) groups excluding carboxylic acids is 3. The molecule has 3 rings (SSSR count). The zero-order chi connectivity index (χ0) is 24.6. The van der Waals surface area contributed by atoms with Crippen LogP contribution in [-0.2, 0) is 40.3 Å². The highest BCUT2D eigenvalue weighted by molar-refractivity contribution is 7.89. The van der Waals surface area contributed by atoms with E-state index in [-0.39, 0.29) is 37.2 Å². The summed E-state index contributed by atoms with van der Waals surface area (Å²) < 4.78 is 36.5. The molecule has 182 valence electrons. The molecule has 2 heterocycles. The third-order valence-corrected chi connectivity index (χ3v) is 7.39. The summed E-state index contributed by atoms with van der Waals surface area (Å²) in [5.74, 6) is -2.33. The van der Waals surface area contributed by atoms with Gasteiger partial charge in [-0.05, 0) is 30.5 Å². The second-order valence-electron chi connectivity index (χ2n) is 7.81. The zero-order valence-electron chi connectivity index (χ0n) is 18.8. The molecule has 34 heavy (non-hydrogen) atoms. The zero-order valence-corrected chi connectivity index (χ0v) is 19.6. The fraction of sp³-hybridized carbons (Fsp3) is 0.391. The minimum absolute atomic E-state index is 0.100. The lowest BCUT2D eigenvalue weighted by atomic mass is 9.98. The Kier molecular flexibility index (Phi) is 8.72. The van der Waals surface area contributed by atoms with Crippen molar-refractivity contribution in [2.75, 3.05) is 26.8 Å². The Balaban J connectivity index is 1.47. The van der Waals surface area contributed by atoms with Crippen molar-refractivity contribution in [2.45, 2.75) is 30.2 Å². The lowest BCUT2D eigenvalue weighted by Gasteiger charge is -2.30. The monoisotopic (exact) mass is 489 g/mol. The first-order chi connectivity index (χ1) is 16.3. The number of hydrogen-bond donors (Lipinski definition) is 1. The minimum Gasteiger partial charge on any atom is -0.467 e. The summed E-state index contributed by atoms with van der Waals surface area (Å²) >= 11 is 0. The molecule has 1 aromatic carbocycles. The SMILES string of the molecule is COC(=O)C(Cc1ccccc1)NC(=O)COC(=O)C1CCN(S(=O)(=O)c2cccnc2)CC1. The van der Waals surface area contributed by atoms with Crippen LogP contribution in [0.15, 0.2) is 59.8 Å². The topological polar surface area (TPSA) is 132 Å². The van der Waals surface area contributed by atoms with Gasteiger partial charge in [0.25, 0.3) is 5.91 Å². The number of nitrogens with zero attached hydrogens (tertiary/aromatic N) is 2. The number of pyridine rings is 1. The number of piperidine rings is 1. The standard InChI is InChI=1S/C23H27N3O7S/c1-32-23(29)20(14-17-6-3-2-4-7-17)25-21(27)16-33-22(28)18-9-12-26(13-10-18)34(30,31)19-8-5-11-24-15-19/h2-8,11,15,18,20H,9-10,12-14,16H2,1H3,(H,25,27). The molecule has 1 aliphatic rings. The molecule has 0 spiro atoms. The maximum Gasteiger partial charge on any atom is 0.328 e. The van der Waals surface area contributed by atoms with E-state index in [0.717, 1.165) is 5.56 Å². The second kappa shape index (κ2) is 11.7. The van der Waals surface area contributed by atoms with Crippen LogP contribution < -0.4 is 5.32 Å². The molecule has 1 aromatic heterocycles. The van der Waals surface area contributed by atoms with Crippen molar-refractivity contribution in [1.29, 1.82) is 0 Å². The van der Waals surface area contributed by atoms with E-state index in [0.29, 0.717) is 0 Å². The molecule has 1 atom stereocenters. The highest BCUT2D eigenvalue weighted by atomic mass is 32.2. The van der Waals surface area contributed by atoms with Crippen LogP contribution >= 0.6 is 0 Å². The predicted octanol–water partition coefficient (Wildman–Crippen LogP) is 0.926. The third-order valence-electron chi connectivity index (χ3n) is 5.51. The number of ether oxygens (including phenoxy) is 2. The number of amides is 1. The number of esters is 2. The van der Waals surface area contributed by atoms with E-state index in [9.17, 15) is 22.8 Å². The van der Waals surface area contributed by atoms with Gasteiger partial charge in [-0.2, -0.15) is 4.31 Å². The molecule has 1 saturated heterocycles. The Morgan fingerprint density at radius 3 is 2.44 bits per heavy atom. The quantitative estimate of drug-likeness (QED) is 0.515. The van der Waals surface area contributed by atoms with E-state index in [1.165, 1.54) is 29.9 Å². The molecule has 10 nitrogen and oxygen atoms in total. The van der Waals surface area contributed by atoms with Gasteiger partial charge in [-0.25, -0.2) is 13.2 Å². The molecule has 0 saturated carbocycles. The Morgan fingerprint density at radius 2 is 1.82 bits per heavy atom. The van der Waals surface area contributed by atoms with Gasteiger partial charge in [0.05, 0.1) is 13.0 Å². The number of sulfonamides is 1. The number of methoxy groups -OCH3 is 1. The first-order valence-electron chi connectivity index (χ1n) is 10.8. The lowest BCUT2D eigenvalue weighted by molar-refractivity contribution is -0.154. The number of nitrogens with one attached hydrogen (secondary N) is 1. The summed E-state index contributed by atoms with van der Waals surface area (Å²) in [4.78, 5) is 40.7. The maximum atomic E-state index is 12.7. The molecule has 0 aliphatic carbocycles. The van der Waals surface area contributed by atoms with Crippen molar-refractivity contribution < 1.29 is 32.3 Å². The fourth-order valence-electron chi connectivity index (χ4n) is 3.66. The summed E-state index contributed by atoms with van der Waals surface area (Å²) in [5.41, 5.74) is 0.836. The number of rotatable bonds is 9. The number of benzene rings is 1. The van der Waals surface area contributed by atoms with Gasteiger partial charge >= 0.3 is 11.9 Å². The average Bonchev–Trinajstić information content (AvgIpc) is 2.87. The molecule has 1 unspecified atom stereocenters. The number of hydrogen-bond acceptors (Lipinski definition) is 8. The summed E-state index contributed by atoms with van der Waals surface area (Å²) in [6, 6.07) is 11.2. The summed E-state index contributed by atoms with van der Waals surface area (Å²) in [6.45, 7) is -0.231. The number of carbonyl (C=O) groups is 3. The Morgan fingerprint density at radius 1 is 1.12 bits per heavy atom. The van der Waals surface area contributed by atoms with Crippen LogP contribution in [0.1, 0.15) is 18.4 Å². The van der Waals surface area contributed by atoms with Crippen LogP contribution in [0.4, 0.5) is 0 Å². The molecule has 0 bridgehead atoms. The molecule has 1 fully saturated rings. The fourth-order valence-corrected chi connectivity index (χ4v) is 5.09. The Bertz CT molecular complexity index is 1090. The largest absolute Gasteiger partial charge is 0.467 e. The van der Waals surface area contributed by atoms with Crippen molar-refractivity contribution in [2.24, 2.45) is 5.92 Å². The highest BCUT2D eigenvalue weighted by Crippen LogP contribution is 2.24. The molecule has 2 aromatic rings. The van der Waals surface area contributed by atoms with Gasteiger partial charge in [0, 0.05) is 31.9 Å². The van der Waals surface area contributed by atoms with Crippen LogP contribution in [0.2, 0.25) is 0 Å². The van der Waals surface area contributed by atoms with Crippen molar-refractivity contribution in [3.63, 3.8) is 0 Å². The highest BCUT2D eigenvalue weighted by Gasteiger charge is 2.33. The van der Waals surface area contributed by atoms with Crippen molar-refractivity contribution in [1.82, 2.24) is 14.6 Å². The predicted molar refractivity (Wildman–Crippen MR) is 121 cm³/mol. The summed E-state index contributed by atoms with van der Waals surface area (Å²) in [6.07, 6.45) is 3.56. The van der Waals surface area contributed by atoms with Crippen molar-refractivity contribution in [3.8, 4) is 0 Å². The van der Waals surface area contributed by atoms with Crippen LogP contribution in [0.25, 0.3) is 0 Å². The van der Waals surface area contributed by atoms with Crippen molar-refractivity contribution in [3.05, 3.63) is 60.4 Å². The van der Waals surface area contributed by atoms with Gasteiger partial charge in [-0.1, -0.05) is 30.3 Å². The van der Waals surface area contributed by atoms with Gasteiger partial charge in [-0.3, -0.25) is 14.6 Å². The lowest BCUT2D eigenvalue weighted by Crippen LogP contribution is -2.45. The van der Waals surface area contributed by atoms with Gasteiger partial charge in [0.2, 0.25) is 10.0 Å². The first kappa shape index (κ1) is 25.3. The van der Waals surface area contributed by atoms with E-state index in [4.69, 9.17) is 9.47 Å². The Labute approximate surface area is 198 Å². The first-order valence-corrected chi connectivity index (χ1v) is 12.2. The molecular formula is C23H27N3O7S. The van der Waals surface area contributed by atoms with Crippen LogP contribution in [0.3, 0.4) is 0 Å². The van der Waals surface area contributed by atoms with E-state index < -0.39 is 46.4 Å². The third kappa shape index (κ3) is 6.61. The Hall–Kier alpha value is -3.31. The van der Waals surface area contributed by atoms with Gasteiger partial charge in [0.15, 0.2) is 6.61 Å². The minimum atomic E-state index is -3.68. The summed E-state index contributed by atoms with van der Waals surface area (Å²) in [5, 5.41) is 2.54. The molecule has 11 heteroatoms. The van der Waals surface area contributed by atoms with E-state index in [1.807, 2.05) is 30.3 Å². The molecular weight excluding hydrogens is 462 g/mol. The maximum absolute atomic E-state index is 12.7. The van der Waals surface area contributed by atoms with E-state index in [1.54, 1.807) is 6.07 Å². The van der Waals surface area contributed by atoms with E-state index >= 15 is 0 Å². The van der Waals surface area contributed by atoms with Crippen LogP contribution in [0, 0.1) is 5.92 Å². The normalized spacial score (nSPS) is 15.8. The number of aromatic nitrogens is 1. The average molecular weight is 490 g/mol. The van der Waals surface area contributed by atoms with Crippen LogP contribution in [-0.4, -0.2) is 68.4 Å².